The number of ether oxygens (including phenoxy) is 2. The van der Waals surface area contributed by atoms with Gasteiger partial charge in [0, 0.05) is 5.92 Å². The third kappa shape index (κ3) is 4.10. The quantitative estimate of drug-likeness (QED) is 0.617. The molecule has 0 spiro atoms. The molecule has 2 aromatic rings. The number of hydrogen-bond acceptors (Lipinski definition) is 5. The van der Waals surface area contributed by atoms with Crippen molar-refractivity contribution < 1.29 is 9.47 Å². The third-order valence-electron chi connectivity index (χ3n) is 4.46. The summed E-state index contributed by atoms with van der Waals surface area (Å²) in [6.07, 6.45) is 7.85. The Labute approximate surface area is 152 Å². The van der Waals surface area contributed by atoms with E-state index in [1.807, 2.05) is 25.1 Å². The van der Waals surface area contributed by atoms with Crippen molar-refractivity contribution in [1.82, 2.24) is 14.9 Å². The summed E-state index contributed by atoms with van der Waals surface area (Å²) >= 11 is 5.35. The van der Waals surface area contributed by atoms with Crippen LogP contribution in [-0.2, 0) is 0 Å². The Kier molecular flexibility index (Phi) is 5.86. The lowest BCUT2D eigenvalue weighted by atomic mass is 9.89. The van der Waals surface area contributed by atoms with Crippen molar-refractivity contribution in [2.24, 2.45) is 5.10 Å². The molecule has 3 rings (SSSR count). The van der Waals surface area contributed by atoms with E-state index in [1.165, 1.54) is 19.3 Å². The van der Waals surface area contributed by atoms with E-state index in [4.69, 9.17) is 21.7 Å². The molecule has 0 amide bonds. The third-order valence-corrected chi connectivity index (χ3v) is 4.72. The lowest BCUT2D eigenvalue weighted by molar-refractivity contribution is 0.311. The van der Waals surface area contributed by atoms with Gasteiger partial charge in [0.2, 0.25) is 4.77 Å². The molecule has 0 unspecified atom stereocenters. The number of H-pyrrole nitrogens is 1. The normalized spacial score (nSPS) is 15.6. The number of hydrogen-bond donors (Lipinski definition) is 1. The van der Waals surface area contributed by atoms with Crippen LogP contribution < -0.4 is 9.47 Å². The molecule has 0 saturated heterocycles. The van der Waals surface area contributed by atoms with E-state index in [-0.39, 0.29) is 0 Å². The Morgan fingerprint density at radius 1 is 1.32 bits per heavy atom. The number of methoxy groups -OCH3 is 1. The van der Waals surface area contributed by atoms with Crippen LogP contribution in [0, 0.1) is 4.77 Å². The SMILES string of the molecule is CCOc1ccc(/C=N\n2c(C3CCCCC3)n[nH]c2=S)cc1OC. The molecule has 1 saturated carbocycles. The number of nitrogens with zero attached hydrogens (tertiary/aromatic N) is 3. The highest BCUT2D eigenvalue weighted by Gasteiger charge is 2.21. The van der Waals surface area contributed by atoms with Crippen LogP contribution in [0.2, 0.25) is 0 Å². The van der Waals surface area contributed by atoms with Gasteiger partial charge >= 0.3 is 0 Å². The fraction of sp³-hybridized carbons (Fsp3) is 0.500. The van der Waals surface area contributed by atoms with Gasteiger partial charge in [0.15, 0.2) is 17.3 Å². The summed E-state index contributed by atoms with van der Waals surface area (Å²) in [4.78, 5) is 0. The topological polar surface area (TPSA) is 64.4 Å². The van der Waals surface area contributed by atoms with Crippen molar-refractivity contribution in [3.8, 4) is 11.5 Å². The molecule has 25 heavy (non-hydrogen) atoms. The van der Waals surface area contributed by atoms with Crippen molar-refractivity contribution in [2.75, 3.05) is 13.7 Å². The van der Waals surface area contributed by atoms with Crippen molar-refractivity contribution >= 4 is 18.4 Å². The van der Waals surface area contributed by atoms with Crippen LogP contribution in [0.3, 0.4) is 0 Å². The maximum atomic E-state index is 5.54. The molecule has 0 atom stereocenters. The summed E-state index contributed by atoms with van der Waals surface area (Å²) in [6, 6.07) is 5.74. The van der Waals surface area contributed by atoms with Gasteiger partial charge in [-0.05, 0) is 55.7 Å². The molecular weight excluding hydrogens is 336 g/mol. The number of aromatic amines is 1. The molecule has 0 radical (unpaired) electrons. The Hall–Kier alpha value is -2.15. The van der Waals surface area contributed by atoms with Crippen molar-refractivity contribution in [3.05, 3.63) is 34.4 Å². The van der Waals surface area contributed by atoms with E-state index in [0.717, 1.165) is 30.0 Å². The second-order valence-electron chi connectivity index (χ2n) is 6.12. The first-order valence-corrected chi connectivity index (χ1v) is 9.16. The first-order valence-electron chi connectivity index (χ1n) is 8.75. The fourth-order valence-corrected chi connectivity index (χ4v) is 3.39. The highest BCUT2D eigenvalue weighted by Crippen LogP contribution is 2.31. The summed E-state index contributed by atoms with van der Waals surface area (Å²) in [5.74, 6) is 2.77. The Bertz CT molecular complexity index is 791. The van der Waals surface area contributed by atoms with Crippen LogP contribution in [0.25, 0.3) is 0 Å². The zero-order valence-corrected chi connectivity index (χ0v) is 15.5. The second-order valence-corrected chi connectivity index (χ2v) is 6.51. The van der Waals surface area contributed by atoms with Gasteiger partial charge in [-0.25, -0.2) is 0 Å². The average Bonchev–Trinajstić information content (AvgIpc) is 3.02. The summed E-state index contributed by atoms with van der Waals surface area (Å²) in [5, 5.41) is 11.8. The fourth-order valence-electron chi connectivity index (χ4n) is 3.20. The van der Waals surface area contributed by atoms with E-state index < -0.39 is 0 Å². The second kappa shape index (κ2) is 8.29. The molecule has 1 fully saturated rings. The van der Waals surface area contributed by atoms with E-state index in [9.17, 15) is 0 Å². The number of rotatable bonds is 6. The largest absolute Gasteiger partial charge is 0.493 e. The molecule has 1 aromatic heterocycles. The average molecular weight is 360 g/mol. The van der Waals surface area contributed by atoms with Gasteiger partial charge in [-0.2, -0.15) is 14.9 Å². The van der Waals surface area contributed by atoms with Gasteiger partial charge in [-0.15, -0.1) is 0 Å². The molecule has 6 nitrogen and oxygen atoms in total. The molecular formula is C18H24N4O2S. The highest BCUT2D eigenvalue weighted by atomic mass is 32.1. The van der Waals surface area contributed by atoms with Crippen LogP contribution in [0.5, 0.6) is 11.5 Å². The minimum Gasteiger partial charge on any atom is -0.493 e. The lowest BCUT2D eigenvalue weighted by Gasteiger charge is -2.19. The van der Waals surface area contributed by atoms with E-state index in [1.54, 1.807) is 18.0 Å². The maximum Gasteiger partial charge on any atom is 0.216 e. The molecule has 0 bridgehead atoms. The van der Waals surface area contributed by atoms with Crippen molar-refractivity contribution in [3.63, 3.8) is 0 Å². The zero-order chi connectivity index (χ0) is 17.6. The van der Waals surface area contributed by atoms with Crippen LogP contribution >= 0.6 is 12.2 Å². The molecule has 1 aliphatic rings. The number of aromatic nitrogens is 3. The van der Waals surface area contributed by atoms with Gasteiger partial charge in [0.05, 0.1) is 19.9 Å². The smallest absolute Gasteiger partial charge is 0.216 e. The Morgan fingerprint density at radius 2 is 2.12 bits per heavy atom. The standard InChI is InChI=1S/C18H24N4O2S/c1-3-24-15-10-9-13(11-16(15)23-2)12-19-22-17(20-21-18(22)25)14-7-5-4-6-8-14/h9-12,14H,3-8H2,1-2H3,(H,21,25)/b19-12-. The van der Waals surface area contributed by atoms with E-state index >= 15 is 0 Å². The van der Waals surface area contributed by atoms with Crippen LogP contribution in [0.4, 0.5) is 0 Å². The van der Waals surface area contributed by atoms with E-state index in [0.29, 0.717) is 23.0 Å². The van der Waals surface area contributed by atoms with Gasteiger partial charge in [-0.3, -0.25) is 5.10 Å². The molecule has 1 N–H and O–H groups in total. The van der Waals surface area contributed by atoms with Crippen LogP contribution in [-0.4, -0.2) is 34.8 Å². The van der Waals surface area contributed by atoms with Crippen LogP contribution in [0.15, 0.2) is 23.3 Å². The van der Waals surface area contributed by atoms with Crippen molar-refractivity contribution in [2.45, 2.75) is 44.9 Å². The minimum absolute atomic E-state index is 0.425. The minimum atomic E-state index is 0.425. The molecule has 1 heterocycles. The first kappa shape index (κ1) is 17.7. The predicted molar refractivity (Wildman–Crippen MR) is 100 cm³/mol. The van der Waals surface area contributed by atoms with Gasteiger partial charge in [0.25, 0.3) is 0 Å². The molecule has 1 aliphatic carbocycles. The summed E-state index contributed by atoms with van der Waals surface area (Å²) in [7, 11) is 1.63. The number of benzene rings is 1. The summed E-state index contributed by atoms with van der Waals surface area (Å²) in [6.45, 7) is 2.54. The Balaban J connectivity index is 1.85. The van der Waals surface area contributed by atoms with Gasteiger partial charge in [0.1, 0.15) is 0 Å². The first-order chi connectivity index (χ1) is 12.2. The Morgan fingerprint density at radius 3 is 2.84 bits per heavy atom. The number of nitrogens with one attached hydrogen (secondary N) is 1. The van der Waals surface area contributed by atoms with Gasteiger partial charge < -0.3 is 9.47 Å². The maximum absolute atomic E-state index is 5.54. The molecule has 7 heteroatoms. The predicted octanol–water partition coefficient (Wildman–Crippen LogP) is 4.28. The monoisotopic (exact) mass is 360 g/mol. The van der Waals surface area contributed by atoms with Gasteiger partial charge in [-0.1, -0.05) is 19.3 Å². The zero-order valence-electron chi connectivity index (χ0n) is 14.7. The summed E-state index contributed by atoms with van der Waals surface area (Å²) in [5.41, 5.74) is 0.915. The lowest BCUT2D eigenvalue weighted by Crippen LogP contribution is -2.10. The molecule has 0 aliphatic heterocycles. The molecule has 1 aromatic carbocycles. The highest BCUT2D eigenvalue weighted by molar-refractivity contribution is 7.71. The molecule has 134 valence electrons. The summed E-state index contributed by atoms with van der Waals surface area (Å²) < 4.78 is 13.2. The van der Waals surface area contributed by atoms with Crippen LogP contribution in [0.1, 0.15) is 56.3 Å². The van der Waals surface area contributed by atoms with E-state index in [2.05, 4.69) is 15.3 Å². The van der Waals surface area contributed by atoms with Crippen molar-refractivity contribution in [1.29, 1.82) is 0 Å².